The van der Waals surface area contributed by atoms with E-state index in [-0.39, 0.29) is 0 Å². The van der Waals surface area contributed by atoms with E-state index < -0.39 is 30.8 Å². The van der Waals surface area contributed by atoms with Gasteiger partial charge in [-0.2, -0.15) is 13.2 Å². The van der Waals surface area contributed by atoms with E-state index in [1.807, 2.05) is 0 Å². The molecule has 0 heterocycles. The van der Waals surface area contributed by atoms with E-state index in [9.17, 15) is 27.2 Å². The molecule has 2 nitrogen and oxygen atoms in total. The Morgan fingerprint density at radius 3 is 1.64 bits per heavy atom. The predicted octanol–water partition coefficient (Wildman–Crippen LogP) is 0.901. The molecule has 0 aromatic rings. The zero-order valence-corrected chi connectivity index (χ0v) is 5.14. The highest BCUT2D eigenvalue weighted by Crippen LogP contribution is 2.27. The van der Waals surface area contributed by atoms with Crippen LogP contribution in [0.1, 0.15) is 0 Å². The molecule has 2 unspecified atom stereocenters. The van der Waals surface area contributed by atoms with Crippen molar-refractivity contribution < 1.29 is 27.2 Å². The van der Waals surface area contributed by atoms with Crippen LogP contribution in [0.15, 0.2) is 0 Å². The quantitative estimate of drug-likeness (QED) is 0.468. The second-order valence-electron chi connectivity index (χ2n) is 1.78. The molecule has 0 fully saturated rings. The standard InChI is InChI=1S/C5H4F4O2/c6-4(2-11)3(1-10)5(7,8)9/h1-4H. The molecular formula is C5H4F4O2. The van der Waals surface area contributed by atoms with Gasteiger partial charge in [-0.1, -0.05) is 0 Å². The van der Waals surface area contributed by atoms with E-state index in [4.69, 9.17) is 0 Å². The highest BCUT2D eigenvalue weighted by Gasteiger charge is 2.45. The van der Waals surface area contributed by atoms with Crippen molar-refractivity contribution in [2.75, 3.05) is 0 Å². The maximum Gasteiger partial charge on any atom is 0.401 e. The molecule has 64 valence electrons. The van der Waals surface area contributed by atoms with Crippen molar-refractivity contribution in [1.82, 2.24) is 0 Å². The van der Waals surface area contributed by atoms with Crippen LogP contribution in [-0.4, -0.2) is 24.9 Å². The van der Waals surface area contributed by atoms with Crippen LogP contribution in [0.2, 0.25) is 0 Å². The summed E-state index contributed by atoms with van der Waals surface area (Å²) in [6.07, 6.45) is -8.96. The van der Waals surface area contributed by atoms with Crippen molar-refractivity contribution in [3.8, 4) is 0 Å². The zero-order chi connectivity index (χ0) is 9.07. The van der Waals surface area contributed by atoms with Gasteiger partial charge in [-0.15, -0.1) is 0 Å². The third-order valence-electron chi connectivity index (χ3n) is 0.998. The molecule has 0 saturated heterocycles. The first-order valence-electron chi connectivity index (χ1n) is 2.55. The third kappa shape index (κ3) is 2.65. The van der Waals surface area contributed by atoms with Crippen LogP contribution < -0.4 is 0 Å². The number of alkyl halides is 4. The van der Waals surface area contributed by atoms with Gasteiger partial charge in [0.1, 0.15) is 12.2 Å². The molecule has 0 aliphatic carbocycles. The number of rotatable bonds is 3. The van der Waals surface area contributed by atoms with Gasteiger partial charge in [-0.3, -0.25) is 0 Å². The summed E-state index contributed by atoms with van der Waals surface area (Å²) in [7, 11) is 0. The highest BCUT2D eigenvalue weighted by atomic mass is 19.4. The summed E-state index contributed by atoms with van der Waals surface area (Å²) in [5, 5.41) is 0. The van der Waals surface area contributed by atoms with E-state index in [2.05, 4.69) is 0 Å². The smallest absolute Gasteiger partial charge is 0.303 e. The van der Waals surface area contributed by atoms with Gasteiger partial charge < -0.3 is 9.59 Å². The van der Waals surface area contributed by atoms with Crippen LogP contribution in [0.25, 0.3) is 0 Å². The van der Waals surface area contributed by atoms with Crippen LogP contribution >= 0.6 is 0 Å². The number of aldehydes is 2. The summed E-state index contributed by atoms with van der Waals surface area (Å²) in [5.41, 5.74) is 0. The largest absolute Gasteiger partial charge is 0.401 e. The molecular weight excluding hydrogens is 168 g/mol. The summed E-state index contributed by atoms with van der Waals surface area (Å²) < 4.78 is 46.6. The lowest BCUT2D eigenvalue weighted by molar-refractivity contribution is -0.186. The number of carbonyl (C=O) groups is 2. The number of hydrogen-bond donors (Lipinski definition) is 0. The van der Waals surface area contributed by atoms with Crippen molar-refractivity contribution in [1.29, 1.82) is 0 Å². The molecule has 0 aliphatic rings. The molecule has 11 heavy (non-hydrogen) atoms. The van der Waals surface area contributed by atoms with Gasteiger partial charge in [-0.25, -0.2) is 4.39 Å². The Bertz CT molecular complexity index is 153. The minimum atomic E-state index is -4.98. The fourth-order valence-corrected chi connectivity index (χ4v) is 0.417. The van der Waals surface area contributed by atoms with Crippen LogP contribution in [-0.2, 0) is 9.59 Å². The summed E-state index contributed by atoms with van der Waals surface area (Å²) in [6, 6.07) is 0. The van der Waals surface area contributed by atoms with Crippen molar-refractivity contribution in [2.45, 2.75) is 12.3 Å². The molecule has 0 amide bonds. The van der Waals surface area contributed by atoms with E-state index in [0.717, 1.165) is 0 Å². The zero-order valence-electron chi connectivity index (χ0n) is 5.14. The summed E-state index contributed by atoms with van der Waals surface area (Å²) in [4.78, 5) is 19.2. The van der Waals surface area contributed by atoms with Gasteiger partial charge in [0.15, 0.2) is 12.5 Å². The van der Waals surface area contributed by atoms with Gasteiger partial charge in [0, 0.05) is 0 Å². The Morgan fingerprint density at radius 2 is 1.55 bits per heavy atom. The van der Waals surface area contributed by atoms with Crippen LogP contribution in [0.5, 0.6) is 0 Å². The third-order valence-corrected chi connectivity index (χ3v) is 0.998. The second kappa shape index (κ2) is 3.45. The Hall–Kier alpha value is -0.940. The monoisotopic (exact) mass is 172 g/mol. The second-order valence-corrected chi connectivity index (χ2v) is 1.78. The lowest BCUT2D eigenvalue weighted by atomic mass is 10.1. The topological polar surface area (TPSA) is 34.1 Å². The average Bonchev–Trinajstić information content (AvgIpc) is 1.86. The molecule has 0 N–H and O–H groups in total. The lowest BCUT2D eigenvalue weighted by Crippen LogP contribution is -2.33. The van der Waals surface area contributed by atoms with Crippen molar-refractivity contribution >= 4 is 12.6 Å². The Balaban J connectivity index is 4.40. The average molecular weight is 172 g/mol. The summed E-state index contributed by atoms with van der Waals surface area (Å²) in [5.74, 6) is -2.83. The Kier molecular flexibility index (Phi) is 3.16. The predicted molar refractivity (Wildman–Crippen MR) is 26.6 cm³/mol. The maximum absolute atomic E-state index is 12.0. The first-order valence-corrected chi connectivity index (χ1v) is 2.55. The highest BCUT2D eigenvalue weighted by molar-refractivity contribution is 5.67. The molecule has 0 aliphatic heterocycles. The fraction of sp³-hybridized carbons (Fsp3) is 0.600. The Morgan fingerprint density at radius 1 is 1.09 bits per heavy atom. The van der Waals surface area contributed by atoms with Gasteiger partial charge in [0.05, 0.1) is 0 Å². The van der Waals surface area contributed by atoms with E-state index in [1.165, 1.54) is 0 Å². The first kappa shape index (κ1) is 10.1. The molecule has 0 rings (SSSR count). The van der Waals surface area contributed by atoms with Gasteiger partial charge in [0.25, 0.3) is 0 Å². The normalized spacial score (nSPS) is 17.1. The van der Waals surface area contributed by atoms with Gasteiger partial charge in [0.2, 0.25) is 0 Å². The molecule has 0 spiro atoms. The first-order chi connectivity index (χ1) is 4.93. The fourth-order valence-electron chi connectivity index (χ4n) is 0.417. The summed E-state index contributed by atoms with van der Waals surface area (Å²) in [6.45, 7) is 0. The van der Waals surface area contributed by atoms with Crippen molar-refractivity contribution in [2.24, 2.45) is 5.92 Å². The summed E-state index contributed by atoms with van der Waals surface area (Å²) >= 11 is 0. The Labute approximate surface area is 59.2 Å². The number of halogens is 4. The molecule has 2 atom stereocenters. The van der Waals surface area contributed by atoms with Crippen molar-refractivity contribution in [3.05, 3.63) is 0 Å². The number of carbonyl (C=O) groups excluding carboxylic acids is 2. The molecule has 6 heteroatoms. The minimum Gasteiger partial charge on any atom is -0.303 e. The van der Waals surface area contributed by atoms with Crippen molar-refractivity contribution in [3.63, 3.8) is 0 Å². The maximum atomic E-state index is 12.0. The van der Waals surface area contributed by atoms with E-state index >= 15 is 0 Å². The van der Waals surface area contributed by atoms with Gasteiger partial charge >= 0.3 is 6.18 Å². The number of hydrogen-bond acceptors (Lipinski definition) is 2. The minimum absolute atomic E-state index is 0.549. The molecule has 0 aromatic carbocycles. The molecule has 0 saturated carbocycles. The lowest BCUT2D eigenvalue weighted by Gasteiger charge is -2.13. The van der Waals surface area contributed by atoms with Gasteiger partial charge in [-0.05, 0) is 0 Å². The van der Waals surface area contributed by atoms with Crippen LogP contribution in [0, 0.1) is 5.92 Å². The molecule has 0 bridgehead atoms. The van der Waals surface area contributed by atoms with Crippen LogP contribution in [0.3, 0.4) is 0 Å². The SMILES string of the molecule is O=CC(F)C(C=O)C(F)(F)F. The van der Waals surface area contributed by atoms with E-state index in [1.54, 1.807) is 0 Å². The molecule has 0 radical (unpaired) electrons. The molecule has 0 aromatic heterocycles. The van der Waals surface area contributed by atoms with Crippen LogP contribution in [0.4, 0.5) is 17.6 Å². The van der Waals surface area contributed by atoms with E-state index in [0.29, 0.717) is 0 Å².